The number of nitrogens with zero attached hydrogens (tertiary/aromatic N) is 2. The fourth-order valence-electron chi connectivity index (χ4n) is 3.61. The number of aromatic nitrogens is 1. The first-order valence-corrected chi connectivity index (χ1v) is 7.28. The van der Waals surface area contributed by atoms with Crippen molar-refractivity contribution in [2.45, 2.75) is 30.7 Å². The Morgan fingerprint density at radius 2 is 2.25 bits per heavy atom. The summed E-state index contributed by atoms with van der Waals surface area (Å²) in [6.45, 7) is 2.78. The molecule has 1 spiro atoms. The van der Waals surface area contributed by atoms with Crippen LogP contribution < -0.4 is 5.32 Å². The van der Waals surface area contributed by atoms with Gasteiger partial charge >= 0.3 is 0 Å². The number of amides is 1. The van der Waals surface area contributed by atoms with Crippen LogP contribution >= 0.6 is 0 Å². The first-order chi connectivity index (χ1) is 9.73. The van der Waals surface area contributed by atoms with Gasteiger partial charge in [-0.15, -0.1) is 0 Å². The van der Waals surface area contributed by atoms with Crippen LogP contribution in [0.5, 0.6) is 0 Å². The molecule has 2 fully saturated rings. The lowest BCUT2D eigenvalue weighted by Gasteiger charge is -2.42. The molecule has 3 heterocycles. The minimum atomic E-state index is -0.119. The number of likely N-dealkylation sites (tertiary alicyclic amines) is 1. The quantitative estimate of drug-likeness (QED) is 0.843. The lowest BCUT2D eigenvalue weighted by atomic mass is 9.75. The van der Waals surface area contributed by atoms with Gasteiger partial charge in [-0.2, -0.15) is 0 Å². The lowest BCUT2D eigenvalue weighted by molar-refractivity contribution is -0.120. The Hall–Kier alpha value is -1.46. The van der Waals surface area contributed by atoms with E-state index in [1.165, 1.54) is 0 Å². The van der Waals surface area contributed by atoms with E-state index in [1.54, 1.807) is 6.20 Å². The van der Waals surface area contributed by atoms with Crippen molar-refractivity contribution >= 4 is 5.91 Å². The smallest absolute Gasteiger partial charge is 0.221 e. The maximum atomic E-state index is 11.9. The molecular weight excluding hydrogens is 254 g/mol. The topological polar surface area (TPSA) is 65.5 Å². The van der Waals surface area contributed by atoms with Crippen molar-refractivity contribution in [3.63, 3.8) is 0 Å². The van der Waals surface area contributed by atoms with Crippen LogP contribution in [0.2, 0.25) is 0 Å². The summed E-state index contributed by atoms with van der Waals surface area (Å²) < 4.78 is 0. The highest BCUT2D eigenvalue weighted by Crippen LogP contribution is 2.42. The predicted octanol–water partition coefficient (Wildman–Crippen LogP) is 0.512. The summed E-state index contributed by atoms with van der Waals surface area (Å²) in [5.41, 5.74) is 1.04. The molecule has 0 saturated carbocycles. The lowest BCUT2D eigenvalue weighted by Crippen LogP contribution is -2.53. The Morgan fingerprint density at radius 3 is 2.90 bits per heavy atom. The summed E-state index contributed by atoms with van der Waals surface area (Å²) >= 11 is 0. The van der Waals surface area contributed by atoms with E-state index in [4.69, 9.17) is 5.11 Å². The van der Waals surface area contributed by atoms with Gasteiger partial charge in [0.05, 0.1) is 6.61 Å². The predicted molar refractivity (Wildman–Crippen MR) is 75.2 cm³/mol. The molecule has 0 radical (unpaired) electrons. The summed E-state index contributed by atoms with van der Waals surface area (Å²) in [6.07, 6.45) is 6.10. The number of hydrogen-bond donors (Lipinski definition) is 2. The third-order valence-corrected chi connectivity index (χ3v) is 4.70. The van der Waals surface area contributed by atoms with Gasteiger partial charge in [-0.05, 0) is 24.5 Å². The number of piperidine rings is 1. The largest absolute Gasteiger partial charge is 0.395 e. The van der Waals surface area contributed by atoms with Gasteiger partial charge in [0.2, 0.25) is 5.91 Å². The van der Waals surface area contributed by atoms with Crippen molar-refractivity contribution in [3.8, 4) is 0 Å². The van der Waals surface area contributed by atoms with E-state index < -0.39 is 0 Å². The average molecular weight is 275 g/mol. The second kappa shape index (κ2) is 5.50. The van der Waals surface area contributed by atoms with Crippen LogP contribution in [0, 0.1) is 0 Å². The SMILES string of the molecule is O=C1C[C@@H](c2cccnc2)C2(CCN(CCO)CC2)N1. The minimum Gasteiger partial charge on any atom is -0.395 e. The normalized spacial score (nSPS) is 25.9. The summed E-state index contributed by atoms with van der Waals surface area (Å²) in [5, 5.41) is 12.3. The number of aliphatic hydroxyl groups is 1. The van der Waals surface area contributed by atoms with Gasteiger partial charge in [0.15, 0.2) is 0 Å². The summed E-state index contributed by atoms with van der Waals surface area (Å²) in [4.78, 5) is 18.4. The molecule has 0 aliphatic carbocycles. The van der Waals surface area contributed by atoms with E-state index in [-0.39, 0.29) is 24.0 Å². The molecule has 20 heavy (non-hydrogen) atoms. The number of β-amino-alcohol motifs (C(OH)–C–C–N with tert-alkyl or cyclic N) is 1. The van der Waals surface area contributed by atoms with Crippen LogP contribution in [0.4, 0.5) is 0 Å². The van der Waals surface area contributed by atoms with E-state index >= 15 is 0 Å². The number of carbonyl (C=O) groups is 1. The van der Waals surface area contributed by atoms with Crippen molar-refractivity contribution in [3.05, 3.63) is 30.1 Å². The molecule has 3 rings (SSSR count). The molecule has 108 valence electrons. The molecule has 1 aromatic rings. The van der Waals surface area contributed by atoms with Gasteiger partial charge in [0, 0.05) is 49.9 Å². The summed E-state index contributed by atoms with van der Waals surface area (Å²) in [6, 6.07) is 4.01. The molecule has 0 unspecified atom stereocenters. The highest BCUT2D eigenvalue weighted by molar-refractivity contribution is 5.81. The highest BCUT2D eigenvalue weighted by Gasteiger charge is 2.48. The molecule has 2 aliphatic heterocycles. The molecule has 1 aromatic heterocycles. The molecule has 2 aliphatic rings. The first-order valence-electron chi connectivity index (χ1n) is 7.28. The van der Waals surface area contributed by atoms with Crippen LogP contribution in [-0.2, 0) is 4.79 Å². The molecule has 1 atom stereocenters. The first kappa shape index (κ1) is 13.5. The Bertz CT molecular complexity index is 469. The standard InChI is InChI=1S/C15H21N3O2/c19-9-8-18-6-3-15(4-7-18)13(10-14(20)17-15)12-2-1-5-16-11-12/h1-2,5,11,13,19H,3-4,6-10H2,(H,17,20)/t13-/m0/s1. The molecule has 0 aromatic carbocycles. The fraction of sp³-hybridized carbons (Fsp3) is 0.600. The van der Waals surface area contributed by atoms with Crippen LogP contribution in [0.25, 0.3) is 0 Å². The van der Waals surface area contributed by atoms with Gasteiger partial charge < -0.3 is 15.3 Å². The minimum absolute atomic E-state index is 0.119. The number of nitrogens with one attached hydrogen (secondary N) is 1. The maximum Gasteiger partial charge on any atom is 0.221 e. The van der Waals surface area contributed by atoms with Crippen molar-refractivity contribution in [1.29, 1.82) is 0 Å². The van der Waals surface area contributed by atoms with Gasteiger partial charge in [-0.1, -0.05) is 6.07 Å². The van der Waals surface area contributed by atoms with E-state index in [0.717, 1.165) is 38.0 Å². The molecule has 1 amide bonds. The summed E-state index contributed by atoms with van der Waals surface area (Å²) in [7, 11) is 0. The van der Waals surface area contributed by atoms with Crippen molar-refractivity contribution in [2.24, 2.45) is 0 Å². The van der Waals surface area contributed by atoms with E-state index in [0.29, 0.717) is 6.42 Å². The van der Waals surface area contributed by atoms with Gasteiger partial charge in [-0.25, -0.2) is 0 Å². The molecule has 5 nitrogen and oxygen atoms in total. The molecule has 2 N–H and O–H groups in total. The highest BCUT2D eigenvalue weighted by atomic mass is 16.3. The molecule has 2 saturated heterocycles. The number of hydrogen-bond acceptors (Lipinski definition) is 4. The average Bonchev–Trinajstić information content (AvgIpc) is 2.79. The zero-order chi connectivity index (χ0) is 14.0. The third kappa shape index (κ3) is 2.43. The Labute approximate surface area is 119 Å². The van der Waals surface area contributed by atoms with E-state index in [1.807, 2.05) is 12.3 Å². The second-order valence-electron chi connectivity index (χ2n) is 5.81. The number of rotatable bonds is 3. The van der Waals surface area contributed by atoms with Crippen LogP contribution in [-0.4, -0.2) is 52.7 Å². The summed E-state index contributed by atoms with van der Waals surface area (Å²) in [5.74, 6) is 0.370. The molecule has 5 heteroatoms. The Balaban J connectivity index is 1.79. The monoisotopic (exact) mass is 275 g/mol. The van der Waals surface area contributed by atoms with E-state index in [2.05, 4.69) is 21.3 Å². The van der Waals surface area contributed by atoms with Gasteiger partial charge in [0.1, 0.15) is 0 Å². The van der Waals surface area contributed by atoms with E-state index in [9.17, 15) is 4.79 Å². The Morgan fingerprint density at radius 1 is 1.45 bits per heavy atom. The zero-order valence-corrected chi connectivity index (χ0v) is 11.6. The molecule has 0 bridgehead atoms. The van der Waals surface area contributed by atoms with Crippen molar-refractivity contribution in [2.75, 3.05) is 26.2 Å². The van der Waals surface area contributed by atoms with Crippen LogP contribution in [0.15, 0.2) is 24.5 Å². The van der Waals surface area contributed by atoms with Crippen molar-refractivity contribution in [1.82, 2.24) is 15.2 Å². The van der Waals surface area contributed by atoms with Crippen LogP contribution in [0.1, 0.15) is 30.7 Å². The Kier molecular flexibility index (Phi) is 3.72. The number of aliphatic hydroxyl groups excluding tert-OH is 1. The third-order valence-electron chi connectivity index (χ3n) is 4.70. The number of pyridine rings is 1. The van der Waals surface area contributed by atoms with Crippen LogP contribution in [0.3, 0.4) is 0 Å². The van der Waals surface area contributed by atoms with Gasteiger partial charge in [0.25, 0.3) is 0 Å². The molecular formula is C15H21N3O2. The van der Waals surface area contributed by atoms with Crippen molar-refractivity contribution < 1.29 is 9.90 Å². The zero-order valence-electron chi connectivity index (χ0n) is 11.6. The fourth-order valence-corrected chi connectivity index (χ4v) is 3.61. The second-order valence-corrected chi connectivity index (χ2v) is 5.81. The number of carbonyl (C=O) groups excluding carboxylic acids is 1. The van der Waals surface area contributed by atoms with Gasteiger partial charge in [-0.3, -0.25) is 9.78 Å². The maximum absolute atomic E-state index is 11.9.